The van der Waals surface area contributed by atoms with Gasteiger partial charge in [-0.1, -0.05) is 12.2 Å². The van der Waals surface area contributed by atoms with Gasteiger partial charge in [-0.25, -0.2) is 0 Å². The van der Waals surface area contributed by atoms with E-state index in [1.807, 2.05) is 0 Å². The minimum atomic E-state index is -1.27. The third kappa shape index (κ3) is 1.49. The molecule has 4 nitrogen and oxygen atoms in total. The molecule has 0 heterocycles. The Kier molecular flexibility index (Phi) is 3.31. The number of ether oxygens (including phenoxy) is 1. The van der Waals surface area contributed by atoms with Gasteiger partial charge in [-0.2, -0.15) is 0 Å². The van der Waals surface area contributed by atoms with E-state index in [4.69, 9.17) is 0 Å². The Hall–Kier alpha value is -1.45. The molecule has 1 aliphatic carbocycles. The number of carbonyl (C=O) groups is 3. The van der Waals surface area contributed by atoms with Crippen LogP contribution in [0.2, 0.25) is 0 Å². The predicted molar refractivity (Wildman–Crippen MR) is 57.6 cm³/mol. The molecule has 0 N–H and O–H groups in total. The molecule has 0 aromatic heterocycles. The zero-order chi connectivity index (χ0) is 12.5. The van der Waals surface area contributed by atoms with Crippen LogP contribution in [0.3, 0.4) is 0 Å². The summed E-state index contributed by atoms with van der Waals surface area (Å²) in [6, 6.07) is 0. The SMILES string of the molecule is C/C=C/[C@@H]1[C@@H](C(C)=O)C1(C(C)=O)C(=O)OC. The highest BCUT2D eigenvalue weighted by molar-refractivity contribution is 6.12. The molecular weight excluding hydrogens is 208 g/mol. The molecule has 0 bridgehead atoms. The molecule has 1 rings (SSSR count). The standard InChI is InChI=1S/C12H16O4/c1-5-6-9-10(7(2)13)12(9,8(3)14)11(15)16-4/h5-6,9-10H,1-4H3/b6-5+/t9-,10-,12?/m1/s1. The molecule has 0 radical (unpaired) electrons. The Morgan fingerprint density at radius 2 is 1.81 bits per heavy atom. The monoisotopic (exact) mass is 224 g/mol. The number of allylic oxidation sites excluding steroid dienone is 2. The van der Waals surface area contributed by atoms with Gasteiger partial charge in [0.25, 0.3) is 0 Å². The van der Waals surface area contributed by atoms with Crippen molar-refractivity contribution in [1.29, 1.82) is 0 Å². The molecule has 1 unspecified atom stereocenters. The summed E-state index contributed by atoms with van der Waals surface area (Å²) < 4.78 is 4.65. The van der Waals surface area contributed by atoms with Crippen molar-refractivity contribution in [3.05, 3.63) is 12.2 Å². The van der Waals surface area contributed by atoms with Gasteiger partial charge < -0.3 is 4.74 Å². The molecule has 1 fully saturated rings. The Balaban J connectivity index is 3.17. The molecule has 0 spiro atoms. The quantitative estimate of drug-likeness (QED) is 0.408. The second-order valence-electron chi connectivity index (χ2n) is 4.06. The number of Topliss-reactive ketones (excluding diaryl/α,β-unsaturated/α-hetero) is 2. The van der Waals surface area contributed by atoms with E-state index in [1.54, 1.807) is 19.1 Å². The number of esters is 1. The number of methoxy groups -OCH3 is 1. The highest BCUT2D eigenvalue weighted by Gasteiger charge is 2.74. The summed E-state index contributed by atoms with van der Waals surface area (Å²) in [4.78, 5) is 34.8. The first-order valence-corrected chi connectivity index (χ1v) is 5.17. The van der Waals surface area contributed by atoms with Crippen molar-refractivity contribution in [3.63, 3.8) is 0 Å². The van der Waals surface area contributed by atoms with E-state index in [0.29, 0.717) is 0 Å². The normalized spacial score (nSPS) is 32.5. The maximum Gasteiger partial charge on any atom is 0.320 e. The van der Waals surface area contributed by atoms with E-state index in [2.05, 4.69) is 4.74 Å². The minimum absolute atomic E-state index is 0.149. The molecule has 0 amide bonds. The lowest BCUT2D eigenvalue weighted by molar-refractivity contribution is -0.153. The van der Waals surface area contributed by atoms with Crippen LogP contribution in [-0.4, -0.2) is 24.6 Å². The van der Waals surface area contributed by atoms with Crippen molar-refractivity contribution in [3.8, 4) is 0 Å². The fourth-order valence-corrected chi connectivity index (χ4v) is 2.49. The summed E-state index contributed by atoms with van der Waals surface area (Å²) >= 11 is 0. The van der Waals surface area contributed by atoms with Gasteiger partial charge in [0.2, 0.25) is 0 Å². The maximum atomic E-state index is 11.7. The smallest absolute Gasteiger partial charge is 0.320 e. The van der Waals surface area contributed by atoms with Crippen LogP contribution in [-0.2, 0) is 19.1 Å². The lowest BCUT2D eigenvalue weighted by atomic mass is 9.96. The summed E-state index contributed by atoms with van der Waals surface area (Å²) in [5, 5.41) is 0. The number of hydrogen-bond acceptors (Lipinski definition) is 4. The fourth-order valence-electron chi connectivity index (χ4n) is 2.49. The second kappa shape index (κ2) is 4.20. The largest absolute Gasteiger partial charge is 0.468 e. The van der Waals surface area contributed by atoms with Crippen LogP contribution in [0, 0.1) is 17.3 Å². The van der Waals surface area contributed by atoms with Crippen molar-refractivity contribution in [2.24, 2.45) is 17.3 Å². The van der Waals surface area contributed by atoms with Crippen LogP contribution in [0.4, 0.5) is 0 Å². The first-order chi connectivity index (χ1) is 7.44. The summed E-state index contributed by atoms with van der Waals surface area (Å²) in [7, 11) is 1.23. The number of hydrogen-bond donors (Lipinski definition) is 0. The average Bonchev–Trinajstić information content (AvgIpc) is 2.87. The van der Waals surface area contributed by atoms with Gasteiger partial charge in [-0.3, -0.25) is 14.4 Å². The Morgan fingerprint density at radius 1 is 1.25 bits per heavy atom. The first kappa shape index (κ1) is 12.6. The topological polar surface area (TPSA) is 60.4 Å². The summed E-state index contributed by atoms with van der Waals surface area (Å²) in [5.74, 6) is -1.97. The summed E-state index contributed by atoms with van der Waals surface area (Å²) in [5.41, 5.74) is -1.27. The Labute approximate surface area is 94.7 Å². The molecule has 0 aromatic rings. The molecule has 88 valence electrons. The zero-order valence-electron chi connectivity index (χ0n) is 9.94. The van der Waals surface area contributed by atoms with Crippen molar-refractivity contribution >= 4 is 17.5 Å². The molecule has 1 aliphatic rings. The molecule has 1 saturated carbocycles. The van der Waals surface area contributed by atoms with E-state index in [9.17, 15) is 14.4 Å². The Morgan fingerprint density at radius 3 is 2.12 bits per heavy atom. The van der Waals surface area contributed by atoms with Crippen LogP contribution >= 0.6 is 0 Å². The van der Waals surface area contributed by atoms with Crippen LogP contribution < -0.4 is 0 Å². The van der Waals surface area contributed by atoms with E-state index in [0.717, 1.165) is 0 Å². The first-order valence-electron chi connectivity index (χ1n) is 5.17. The third-order valence-electron chi connectivity index (χ3n) is 3.21. The van der Waals surface area contributed by atoms with E-state index >= 15 is 0 Å². The van der Waals surface area contributed by atoms with Crippen molar-refractivity contribution in [1.82, 2.24) is 0 Å². The average molecular weight is 224 g/mol. The lowest BCUT2D eigenvalue weighted by Gasteiger charge is -2.10. The van der Waals surface area contributed by atoms with Gasteiger partial charge in [0.05, 0.1) is 7.11 Å². The summed E-state index contributed by atoms with van der Waals surface area (Å²) in [6.07, 6.45) is 3.47. The number of ketones is 2. The van der Waals surface area contributed by atoms with Crippen LogP contribution in [0.15, 0.2) is 12.2 Å². The van der Waals surface area contributed by atoms with Crippen molar-refractivity contribution in [2.45, 2.75) is 20.8 Å². The summed E-state index contributed by atoms with van der Waals surface area (Å²) in [6.45, 7) is 4.52. The van der Waals surface area contributed by atoms with Crippen LogP contribution in [0.1, 0.15) is 20.8 Å². The van der Waals surface area contributed by atoms with Crippen molar-refractivity contribution < 1.29 is 19.1 Å². The second-order valence-corrected chi connectivity index (χ2v) is 4.06. The van der Waals surface area contributed by atoms with E-state index < -0.39 is 17.3 Å². The minimum Gasteiger partial charge on any atom is -0.468 e. The molecular formula is C12H16O4. The molecule has 3 atom stereocenters. The molecule has 0 aliphatic heterocycles. The predicted octanol–water partition coefficient (Wildman–Crippen LogP) is 1.15. The van der Waals surface area contributed by atoms with Gasteiger partial charge in [-0.15, -0.1) is 0 Å². The highest BCUT2D eigenvalue weighted by atomic mass is 16.5. The van der Waals surface area contributed by atoms with E-state index in [1.165, 1.54) is 21.0 Å². The number of rotatable bonds is 4. The molecule has 0 saturated heterocycles. The molecule has 0 aromatic carbocycles. The zero-order valence-corrected chi connectivity index (χ0v) is 9.94. The number of carbonyl (C=O) groups excluding carboxylic acids is 3. The van der Waals surface area contributed by atoms with Crippen LogP contribution in [0.25, 0.3) is 0 Å². The van der Waals surface area contributed by atoms with Gasteiger partial charge in [-0.05, 0) is 20.8 Å². The van der Waals surface area contributed by atoms with Crippen molar-refractivity contribution in [2.75, 3.05) is 7.11 Å². The maximum absolute atomic E-state index is 11.7. The Bertz CT molecular complexity index is 369. The fraction of sp³-hybridized carbons (Fsp3) is 0.583. The van der Waals surface area contributed by atoms with Gasteiger partial charge in [0.15, 0.2) is 0 Å². The van der Waals surface area contributed by atoms with Gasteiger partial charge in [0.1, 0.15) is 17.0 Å². The van der Waals surface area contributed by atoms with Gasteiger partial charge >= 0.3 is 5.97 Å². The van der Waals surface area contributed by atoms with E-state index in [-0.39, 0.29) is 17.5 Å². The lowest BCUT2D eigenvalue weighted by Crippen LogP contribution is -2.30. The molecule has 4 heteroatoms. The molecule has 16 heavy (non-hydrogen) atoms. The highest BCUT2D eigenvalue weighted by Crippen LogP contribution is 2.61. The van der Waals surface area contributed by atoms with Gasteiger partial charge in [0, 0.05) is 11.8 Å². The third-order valence-corrected chi connectivity index (χ3v) is 3.21. The van der Waals surface area contributed by atoms with Crippen LogP contribution in [0.5, 0.6) is 0 Å².